The van der Waals surface area contributed by atoms with Crippen LogP contribution in [0.5, 0.6) is 0 Å². The average molecular weight is 298 g/mol. The maximum absolute atomic E-state index is 12.0. The monoisotopic (exact) mass is 297 g/mol. The van der Waals surface area contributed by atoms with E-state index in [1.165, 1.54) is 0 Å². The lowest BCUT2D eigenvalue weighted by Crippen LogP contribution is -2.16. The predicted molar refractivity (Wildman–Crippen MR) is 86.6 cm³/mol. The molecule has 1 aliphatic rings. The first-order valence-corrected chi connectivity index (χ1v) is 7.39. The molecule has 0 radical (unpaired) electrons. The van der Waals surface area contributed by atoms with Gasteiger partial charge in [0, 0.05) is 28.9 Å². The number of carbonyl (C=O) groups is 1. The van der Waals surface area contributed by atoms with Gasteiger partial charge in [-0.2, -0.15) is 0 Å². The van der Waals surface area contributed by atoms with Gasteiger partial charge in [-0.05, 0) is 42.2 Å². The summed E-state index contributed by atoms with van der Waals surface area (Å²) in [6.45, 7) is 0. The van der Waals surface area contributed by atoms with Crippen molar-refractivity contribution in [1.29, 1.82) is 0 Å². The number of para-hydroxylation sites is 1. The lowest BCUT2D eigenvalue weighted by Gasteiger charge is -2.23. The van der Waals surface area contributed by atoms with Crippen LogP contribution >= 0.6 is 11.6 Å². The molecule has 1 atom stereocenters. The number of nitrogens with one attached hydrogen (secondary N) is 1. The Balaban J connectivity index is 1.79. The largest absolute Gasteiger partial charge is 0.359 e. The van der Waals surface area contributed by atoms with E-state index < -0.39 is 0 Å². The highest BCUT2D eigenvalue weighted by Gasteiger charge is 2.22. The van der Waals surface area contributed by atoms with Crippen LogP contribution in [0, 0.1) is 0 Å². The first kappa shape index (κ1) is 13.9. The quantitative estimate of drug-likeness (QED) is 0.883. The summed E-state index contributed by atoms with van der Waals surface area (Å²) in [5.74, 6) is 0.345. The van der Waals surface area contributed by atoms with Gasteiger partial charge >= 0.3 is 0 Å². The van der Waals surface area contributed by atoms with E-state index in [9.17, 15) is 4.79 Å². The fraction of sp³-hybridized carbons (Fsp3) is 0.167. The van der Waals surface area contributed by atoms with Crippen LogP contribution in [-0.4, -0.2) is 5.78 Å². The predicted octanol–water partition coefficient (Wildman–Crippen LogP) is 4.78. The van der Waals surface area contributed by atoms with E-state index in [0.717, 1.165) is 23.4 Å². The second-order valence-electron chi connectivity index (χ2n) is 5.29. The number of allylic oxidation sites excluding steroid dienone is 2. The van der Waals surface area contributed by atoms with E-state index in [0.29, 0.717) is 11.4 Å². The molecule has 1 N–H and O–H groups in total. The fourth-order valence-electron chi connectivity index (χ4n) is 2.68. The molecule has 0 aliphatic heterocycles. The molecule has 0 amide bonds. The molecule has 0 fully saturated rings. The van der Waals surface area contributed by atoms with Crippen molar-refractivity contribution in [3.05, 3.63) is 77.0 Å². The molecule has 21 heavy (non-hydrogen) atoms. The van der Waals surface area contributed by atoms with E-state index in [1.54, 1.807) is 6.08 Å². The Kier molecular flexibility index (Phi) is 4.07. The van der Waals surface area contributed by atoms with E-state index in [-0.39, 0.29) is 11.7 Å². The summed E-state index contributed by atoms with van der Waals surface area (Å²) in [4.78, 5) is 12.0. The van der Waals surface area contributed by atoms with E-state index >= 15 is 0 Å². The van der Waals surface area contributed by atoms with Crippen molar-refractivity contribution in [1.82, 2.24) is 0 Å². The van der Waals surface area contributed by atoms with Crippen LogP contribution in [0.2, 0.25) is 5.02 Å². The normalized spacial score (nSPS) is 18.2. The van der Waals surface area contributed by atoms with Crippen molar-refractivity contribution in [2.75, 3.05) is 5.32 Å². The van der Waals surface area contributed by atoms with Gasteiger partial charge in [0.1, 0.15) is 0 Å². The van der Waals surface area contributed by atoms with Gasteiger partial charge in [0.15, 0.2) is 5.78 Å². The highest BCUT2D eigenvalue weighted by molar-refractivity contribution is 6.30. The van der Waals surface area contributed by atoms with Crippen molar-refractivity contribution >= 4 is 23.1 Å². The van der Waals surface area contributed by atoms with Crippen LogP contribution < -0.4 is 5.32 Å². The summed E-state index contributed by atoms with van der Waals surface area (Å²) in [5.41, 5.74) is 3.09. The standard InChI is InChI=1S/C18H16ClNO/c19-15-6-4-5-13(9-15)14-10-17(12-18(21)11-14)20-16-7-2-1-3-8-16/h1-9,12,14,20H,10-11H2. The second kappa shape index (κ2) is 6.15. The van der Waals surface area contributed by atoms with Crippen LogP contribution in [-0.2, 0) is 4.79 Å². The number of hydrogen-bond donors (Lipinski definition) is 1. The van der Waals surface area contributed by atoms with Crippen molar-refractivity contribution in [2.45, 2.75) is 18.8 Å². The van der Waals surface area contributed by atoms with Gasteiger partial charge in [-0.25, -0.2) is 0 Å². The molecular weight excluding hydrogens is 282 g/mol. The Hall–Kier alpha value is -2.06. The molecule has 1 unspecified atom stereocenters. The number of halogens is 1. The van der Waals surface area contributed by atoms with Crippen LogP contribution in [0.25, 0.3) is 0 Å². The minimum Gasteiger partial charge on any atom is -0.359 e. The van der Waals surface area contributed by atoms with Crippen LogP contribution in [0.1, 0.15) is 24.3 Å². The zero-order chi connectivity index (χ0) is 14.7. The number of anilines is 1. The van der Waals surface area contributed by atoms with Crippen molar-refractivity contribution < 1.29 is 4.79 Å². The molecule has 3 rings (SSSR count). The molecule has 2 aromatic carbocycles. The summed E-state index contributed by atoms with van der Waals surface area (Å²) in [6, 6.07) is 17.7. The average Bonchev–Trinajstić information content (AvgIpc) is 2.48. The Morgan fingerprint density at radius 2 is 1.81 bits per heavy atom. The summed E-state index contributed by atoms with van der Waals surface area (Å²) >= 11 is 6.05. The number of carbonyl (C=O) groups excluding carboxylic acids is 1. The van der Waals surface area contributed by atoms with E-state index in [2.05, 4.69) is 5.32 Å². The number of rotatable bonds is 3. The first-order chi connectivity index (χ1) is 10.2. The van der Waals surface area contributed by atoms with Gasteiger partial charge < -0.3 is 5.32 Å². The van der Waals surface area contributed by atoms with Crippen molar-refractivity contribution in [3.63, 3.8) is 0 Å². The summed E-state index contributed by atoms with van der Waals surface area (Å²) < 4.78 is 0. The minimum atomic E-state index is 0.157. The molecule has 0 saturated carbocycles. The molecule has 2 nitrogen and oxygen atoms in total. The van der Waals surface area contributed by atoms with Gasteiger partial charge in [-0.15, -0.1) is 0 Å². The van der Waals surface area contributed by atoms with Crippen LogP contribution in [0.15, 0.2) is 66.4 Å². The summed E-state index contributed by atoms with van der Waals surface area (Å²) in [5, 5.41) is 4.05. The molecule has 0 heterocycles. The zero-order valence-electron chi connectivity index (χ0n) is 11.6. The molecule has 0 spiro atoms. The third-order valence-corrected chi connectivity index (χ3v) is 3.88. The fourth-order valence-corrected chi connectivity index (χ4v) is 2.88. The highest BCUT2D eigenvalue weighted by Crippen LogP contribution is 2.32. The van der Waals surface area contributed by atoms with Crippen LogP contribution in [0.3, 0.4) is 0 Å². The Bertz CT molecular complexity index is 679. The lowest BCUT2D eigenvalue weighted by atomic mass is 9.85. The Morgan fingerprint density at radius 1 is 1.00 bits per heavy atom. The highest BCUT2D eigenvalue weighted by atomic mass is 35.5. The molecule has 0 bridgehead atoms. The third kappa shape index (κ3) is 3.53. The van der Waals surface area contributed by atoms with Crippen LogP contribution in [0.4, 0.5) is 5.69 Å². The zero-order valence-corrected chi connectivity index (χ0v) is 12.3. The maximum atomic E-state index is 12.0. The molecule has 2 aromatic rings. The molecule has 0 aromatic heterocycles. The van der Waals surface area contributed by atoms with Gasteiger partial charge in [-0.1, -0.05) is 41.9 Å². The molecule has 106 valence electrons. The maximum Gasteiger partial charge on any atom is 0.158 e. The number of benzene rings is 2. The van der Waals surface area contributed by atoms with Gasteiger partial charge in [0.25, 0.3) is 0 Å². The Morgan fingerprint density at radius 3 is 2.57 bits per heavy atom. The SMILES string of the molecule is O=C1C=C(Nc2ccccc2)CC(c2cccc(Cl)c2)C1. The van der Waals surface area contributed by atoms with Gasteiger partial charge in [-0.3, -0.25) is 4.79 Å². The molecule has 0 saturated heterocycles. The lowest BCUT2D eigenvalue weighted by molar-refractivity contribution is -0.115. The van der Waals surface area contributed by atoms with Crippen molar-refractivity contribution in [2.24, 2.45) is 0 Å². The Labute approximate surface area is 129 Å². The second-order valence-corrected chi connectivity index (χ2v) is 5.72. The summed E-state index contributed by atoms with van der Waals surface area (Å²) in [6.07, 6.45) is 3.08. The first-order valence-electron chi connectivity index (χ1n) is 7.01. The third-order valence-electron chi connectivity index (χ3n) is 3.65. The minimum absolute atomic E-state index is 0.157. The number of hydrogen-bond acceptors (Lipinski definition) is 2. The van der Waals surface area contributed by atoms with E-state index in [4.69, 9.17) is 11.6 Å². The van der Waals surface area contributed by atoms with Crippen molar-refractivity contribution in [3.8, 4) is 0 Å². The molecule has 1 aliphatic carbocycles. The van der Waals surface area contributed by atoms with E-state index in [1.807, 2.05) is 54.6 Å². The summed E-state index contributed by atoms with van der Waals surface area (Å²) in [7, 11) is 0. The molecule has 3 heteroatoms. The van der Waals surface area contributed by atoms with Gasteiger partial charge in [0.05, 0.1) is 0 Å². The topological polar surface area (TPSA) is 29.1 Å². The van der Waals surface area contributed by atoms with Gasteiger partial charge in [0.2, 0.25) is 0 Å². The smallest absolute Gasteiger partial charge is 0.158 e. The molecular formula is C18H16ClNO. The number of ketones is 1.